The van der Waals surface area contributed by atoms with Crippen molar-refractivity contribution in [3.05, 3.63) is 80.5 Å². The molecule has 3 atom stereocenters. The Balaban J connectivity index is 1.35. The van der Waals surface area contributed by atoms with E-state index in [0.717, 1.165) is 48.3 Å². The van der Waals surface area contributed by atoms with E-state index < -0.39 is 22.0 Å². The highest BCUT2D eigenvalue weighted by Gasteiger charge is 2.45. The first-order valence-electron chi connectivity index (χ1n) is 14.2. The fourth-order valence-electron chi connectivity index (χ4n) is 6.20. The molecule has 230 valence electrons. The molecule has 6 rings (SSSR count). The maximum absolute atomic E-state index is 13.7. The first kappa shape index (κ1) is 29.8. The molecule has 0 spiro atoms. The molecule has 44 heavy (non-hydrogen) atoms. The van der Waals surface area contributed by atoms with Crippen LogP contribution < -0.4 is 25.4 Å². The number of fused-ring (bicyclic) bond motifs is 3. The summed E-state index contributed by atoms with van der Waals surface area (Å²) in [5.74, 6) is 0.652. The van der Waals surface area contributed by atoms with E-state index in [0.29, 0.717) is 16.9 Å². The summed E-state index contributed by atoms with van der Waals surface area (Å²) in [4.78, 5) is 44.8. The van der Waals surface area contributed by atoms with E-state index in [9.17, 15) is 18.0 Å². The van der Waals surface area contributed by atoms with Crippen molar-refractivity contribution in [3.63, 3.8) is 0 Å². The number of amides is 1. The second kappa shape index (κ2) is 11.0. The molecule has 0 unspecified atom stereocenters. The van der Waals surface area contributed by atoms with Gasteiger partial charge in [-0.2, -0.15) is 0 Å². The number of halogens is 1. The van der Waals surface area contributed by atoms with Gasteiger partial charge in [0.05, 0.1) is 41.0 Å². The highest BCUT2D eigenvalue weighted by molar-refractivity contribution is 7.89. The van der Waals surface area contributed by atoms with Gasteiger partial charge in [0.15, 0.2) is 5.69 Å². The number of sulfonamides is 1. The zero-order valence-corrected chi connectivity index (χ0v) is 26.6. The molecule has 0 saturated carbocycles. The van der Waals surface area contributed by atoms with Gasteiger partial charge in [0.1, 0.15) is 11.0 Å². The SMILES string of the molecule is Cc1ccc(N2C[C@@H]3C[C@H]2CN3c2nc3c([C@@H](C)Nc4ccc(Cl)nc4C(=O)NS(C)(=O)=O)cc(C)cc3c(=O)n2C)nc1. The molecule has 4 aromatic rings. The molecule has 1 amide bonds. The maximum Gasteiger partial charge on any atom is 0.285 e. The van der Waals surface area contributed by atoms with Crippen molar-refractivity contribution < 1.29 is 13.2 Å². The van der Waals surface area contributed by atoms with Crippen LogP contribution in [0.2, 0.25) is 5.15 Å². The molecule has 2 aliphatic heterocycles. The third-order valence-electron chi connectivity index (χ3n) is 8.21. The van der Waals surface area contributed by atoms with Crippen LogP contribution in [-0.2, 0) is 17.1 Å². The molecule has 2 fully saturated rings. The minimum atomic E-state index is -3.83. The summed E-state index contributed by atoms with van der Waals surface area (Å²) in [5.41, 5.74) is 3.25. The van der Waals surface area contributed by atoms with E-state index in [4.69, 9.17) is 16.6 Å². The van der Waals surface area contributed by atoms with Crippen molar-refractivity contribution in [3.8, 4) is 0 Å². The third-order valence-corrected chi connectivity index (χ3v) is 8.98. The number of aryl methyl sites for hydroxylation is 2. The quantitative estimate of drug-likeness (QED) is 0.290. The van der Waals surface area contributed by atoms with Gasteiger partial charge in [-0.25, -0.2) is 28.1 Å². The molecule has 1 aromatic carbocycles. The molecule has 5 heterocycles. The van der Waals surface area contributed by atoms with Crippen LogP contribution in [0.3, 0.4) is 0 Å². The Hall–Kier alpha value is -4.23. The second-order valence-corrected chi connectivity index (χ2v) is 13.8. The number of hydrogen-bond donors (Lipinski definition) is 2. The average Bonchev–Trinajstić information content (AvgIpc) is 3.56. The van der Waals surface area contributed by atoms with Gasteiger partial charge >= 0.3 is 0 Å². The molecule has 12 nitrogen and oxygen atoms in total. The molecule has 14 heteroatoms. The fourth-order valence-corrected chi connectivity index (χ4v) is 6.78. The predicted molar refractivity (Wildman–Crippen MR) is 171 cm³/mol. The summed E-state index contributed by atoms with van der Waals surface area (Å²) < 4.78 is 27.0. The lowest BCUT2D eigenvalue weighted by molar-refractivity contribution is 0.0977. The van der Waals surface area contributed by atoms with Crippen LogP contribution in [0.1, 0.15) is 46.6 Å². The first-order chi connectivity index (χ1) is 20.8. The lowest BCUT2D eigenvalue weighted by atomic mass is 10.0. The van der Waals surface area contributed by atoms with Gasteiger partial charge in [-0.1, -0.05) is 23.7 Å². The summed E-state index contributed by atoms with van der Waals surface area (Å²) in [5, 5.41) is 3.79. The second-order valence-electron chi connectivity index (χ2n) is 11.7. The Morgan fingerprint density at radius 3 is 2.43 bits per heavy atom. The van der Waals surface area contributed by atoms with Gasteiger partial charge in [0, 0.05) is 31.9 Å². The van der Waals surface area contributed by atoms with Crippen molar-refractivity contribution >= 4 is 55.9 Å². The molecular weight excluding hydrogens is 604 g/mol. The minimum absolute atomic E-state index is 0.0364. The summed E-state index contributed by atoms with van der Waals surface area (Å²) in [6, 6.07) is 11.0. The number of rotatable bonds is 7. The van der Waals surface area contributed by atoms with E-state index in [1.54, 1.807) is 17.7 Å². The van der Waals surface area contributed by atoms with Gasteiger partial charge in [0.2, 0.25) is 16.0 Å². The highest BCUT2D eigenvalue weighted by atomic mass is 35.5. The first-order valence-corrected chi connectivity index (χ1v) is 16.5. The summed E-state index contributed by atoms with van der Waals surface area (Å²) in [6.45, 7) is 7.31. The zero-order valence-electron chi connectivity index (χ0n) is 25.0. The van der Waals surface area contributed by atoms with Gasteiger partial charge in [-0.15, -0.1) is 0 Å². The largest absolute Gasteiger partial charge is 0.377 e. The standard InChI is InChI=1S/C30H33ClN8O4S/c1-16-6-9-25(32-13-16)38-14-20-12-19(38)15-39(20)30-35-26-21(10-17(2)11-22(26)29(41)37(30)4)18(3)33-23-7-8-24(31)34-27(23)28(40)36-44(5,42)43/h6-11,13,18-20,33H,12,14-15H2,1-5H3,(H,36,40)/t18-,19+,20+/m1/s1. The number of hydrogen-bond acceptors (Lipinski definition) is 10. The van der Waals surface area contributed by atoms with Crippen LogP contribution in [0.5, 0.6) is 0 Å². The number of aromatic nitrogens is 4. The van der Waals surface area contributed by atoms with Crippen LogP contribution in [0, 0.1) is 13.8 Å². The van der Waals surface area contributed by atoms with Crippen molar-refractivity contribution in [1.82, 2.24) is 24.2 Å². The Morgan fingerprint density at radius 1 is 1.05 bits per heavy atom. The Labute approximate surface area is 260 Å². The lowest BCUT2D eigenvalue weighted by Crippen LogP contribution is -2.48. The van der Waals surface area contributed by atoms with E-state index in [1.165, 1.54) is 6.07 Å². The minimum Gasteiger partial charge on any atom is -0.377 e. The molecular formula is C30H33ClN8O4S. The monoisotopic (exact) mass is 636 g/mol. The van der Waals surface area contributed by atoms with Crippen LogP contribution in [0.4, 0.5) is 17.5 Å². The van der Waals surface area contributed by atoms with Crippen LogP contribution >= 0.6 is 11.6 Å². The topological polar surface area (TPSA) is 142 Å². The normalized spacial score (nSPS) is 18.6. The van der Waals surface area contributed by atoms with Crippen molar-refractivity contribution in [2.24, 2.45) is 7.05 Å². The molecule has 0 radical (unpaired) electrons. The van der Waals surface area contributed by atoms with Crippen molar-refractivity contribution in [1.29, 1.82) is 0 Å². The highest BCUT2D eigenvalue weighted by Crippen LogP contribution is 2.37. The van der Waals surface area contributed by atoms with Gasteiger partial charge in [-0.05, 0) is 62.6 Å². The Bertz CT molecular complexity index is 1960. The molecule has 3 aromatic heterocycles. The predicted octanol–water partition coefficient (Wildman–Crippen LogP) is 3.32. The fraction of sp³-hybridized carbons (Fsp3) is 0.367. The van der Waals surface area contributed by atoms with Crippen molar-refractivity contribution in [2.45, 2.75) is 45.3 Å². The van der Waals surface area contributed by atoms with E-state index in [1.807, 2.05) is 43.8 Å². The van der Waals surface area contributed by atoms with Gasteiger partial charge < -0.3 is 15.1 Å². The Morgan fingerprint density at radius 2 is 1.77 bits per heavy atom. The number of benzene rings is 1. The molecule has 0 aliphatic carbocycles. The number of anilines is 3. The number of nitrogens with zero attached hydrogens (tertiary/aromatic N) is 6. The van der Waals surface area contributed by atoms with Crippen molar-refractivity contribution in [2.75, 3.05) is 34.5 Å². The third kappa shape index (κ3) is 5.57. The summed E-state index contributed by atoms with van der Waals surface area (Å²) in [7, 11) is -2.08. The van der Waals surface area contributed by atoms with Crippen LogP contribution in [-0.4, -0.2) is 65.3 Å². The van der Waals surface area contributed by atoms with Crippen LogP contribution in [0.15, 0.2) is 47.4 Å². The van der Waals surface area contributed by atoms with E-state index in [-0.39, 0.29) is 34.2 Å². The van der Waals surface area contributed by atoms with Crippen LogP contribution in [0.25, 0.3) is 10.9 Å². The average molecular weight is 637 g/mol. The van der Waals surface area contributed by atoms with Gasteiger partial charge in [-0.3, -0.25) is 14.2 Å². The summed E-state index contributed by atoms with van der Waals surface area (Å²) >= 11 is 6.05. The molecule has 2 N–H and O–H groups in total. The number of nitrogens with one attached hydrogen (secondary N) is 2. The molecule has 2 bridgehead atoms. The van der Waals surface area contributed by atoms with E-state index in [2.05, 4.69) is 37.2 Å². The maximum atomic E-state index is 13.7. The molecule has 2 saturated heterocycles. The summed E-state index contributed by atoms with van der Waals surface area (Å²) in [6.07, 6.45) is 3.72. The Kier molecular flexibility index (Phi) is 7.49. The van der Waals surface area contributed by atoms with Gasteiger partial charge in [0.25, 0.3) is 11.5 Å². The zero-order chi connectivity index (χ0) is 31.5. The number of piperazine rings is 1. The smallest absolute Gasteiger partial charge is 0.285 e. The number of carbonyl (C=O) groups is 1. The van der Waals surface area contributed by atoms with E-state index >= 15 is 0 Å². The lowest BCUT2D eigenvalue weighted by Gasteiger charge is -2.36. The molecule has 2 aliphatic rings. The number of carbonyl (C=O) groups excluding carboxylic acids is 1. The number of pyridine rings is 2.